The van der Waals surface area contributed by atoms with Crippen molar-refractivity contribution in [3.8, 4) is 0 Å². The fourth-order valence-corrected chi connectivity index (χ4v) is 3.95. The molecule has 0 spiro atoms. The fourth-order valence-electron chi connectivity index (χ4n) is 3.95. The van der Waals surface area contributed by atoms with Gasteiger partial charge >= 0.3 is 5.97 Å². The first-order chi connectivity index (χ1) is 13.6. The first-order valence-corrected chi connectivity index (χ1v) is 9.63. The summed E-state index contributed by atoms with van der Waals surface area (Å²) in [6.45, 7) is 3.92. The minimum atomic E-state index is -0.808. The standard InChI is InChI=1S/C23H23N3O2/c1-3-9-18(23(27)28)21-15(2)24-22-17-12-7-8-13-19(17)25-26(22)20(21)14-16-10-5-4-6-11-16/h4-8,10-13,18H,3,9,14H2,1-2H3,(H,27,28). The zero-order valence-electron chi connectivity index (χ0n) is 16.1. The molecule has 0 aliphatic heterocycles. The van der Waals surface area contributed by atoms with Crippen LogP contribution < -0.4 is 0 Å². The molecule has 4 aromatic rings. The van der Waals surface area contributed by atoms with E-state index in [2.05, 4.69) is 12.1 Å². The summed E-state index contributed by atoms with van der Waals surface area (Å²) in [5.41, 5.74) is 5.23. The lowest BCUT2D eigenvalue weighted by Crippen LogP contribution is -2.19. The first-order valence-electron chi connectivity index (χ1n) is 9.63. The predicted octanol–water partition coefficient (Wildman–Crippen LogP) is 4.75. The van der Waals surface area contributed by atoms with Gasteiger partial charge in [-0.2, -0.15) is 5.10 Å². The van der Waals surface area contributed by atoms with Crippen molar-refractivity contribution in [1.82, 2.24) is 14.6 Å². The third-order valence-electron chi connectivity index (χ3n) is 5.22. The van der Waals surface area contributed by atoms with Crippen molar-refractivity contribution in [3.63, 3.8) is 0 Å². The van der Waals surface area contributed by atoms with Gasteiger partial charge < -0.3 is 5.11 Å². The van der Waals surface area contributed by atoms with Gasteiger partial charge in [-0.1, -0.05) is 55.8 Å². The van der Waals surface area contributed by atoms with Crippen molar-refractivity contribution in [1.29, 1.82) is 0 Å². The van der Waals surface area contributed by atoms with Crippen LogP contribution in [0.5, 0.6) is 0 Å². The van der Waals surface area contributed by atoms with Crippen LogP contribution in [0.4, 0.5) is 0 Å². The molecule has 0 aliphatic carbocycles. The Labute approximate surface area is 163 Å². The summed E-state index contributed by atoms with van der Waals surface area (Å²) in [5.74, 6) is -1.40. The molecule has 0 saturated heterocycles. The molecule has 1 unspecified atom stereocenters. The third-order valence-corrected chi connectivity index (χ3v) is 5.22. The van der Waals surface area contributed by atoms with Crippen molar-refractivity contribution >= 4 is 22.5 Å². The molecule has 142 valence electrons. The second-order valence-corrected chi connectivity index (χ2v) is 7.15. The van der Waals surface area contributed by atoms with Crippen LogP contribution in [0.25, 0.3) is 16.6 Å². The van der Waals surface area contributed by atoms with E-state index in [0.29, 0.717) is 12.8 Å². The maximum Gasteiger partial charge on any atom is 0.311 e. The molecule has 2 aromatic heterocycles. The van der Waals surface area contributed by atoms with Gasteiger partial charge in [-0.3, -0.25) is 4.79 Å². The molecule has 28 heavy (non-hydrogen) atoms. The molecule has 5 heteroatoms. The topological polar surface area (TPSA) is 67.5 Å². The molecule has 0 amide bonds. The molecular formula is C23H23N3O2. The Bertz CT molecular complexity index is 1150. The Balaban J connectivity index is 2.03. The highest BCUT2D eigenvalue weighted by molar-refractivity contribution is 5.92. The van der Waals surface area contributed by atoms with Gasteiger partial charge in [0, 0.05) is 23.1 Å². The van der Waals surface area contributed by atoms with Crippen LogP contribution in [0.3, 0.4) is 0 Å². The van der Waals surface area contributed by atoms with Crippen LogP contribution in [0, 0.1) is 6.92 Å². The first kappa shape index (κ1) is 18.2. The number of nitrogens with zero attached hydrogens (tertiary/aromatic N) is 3. The van der Waals surface area contributed by atoms with Gasteiger partial charge in [0.1, 0.15) is 0 Å². The van der Waals surface area contributed by atoms with E-state index in [4.69, 9.17) is 10.1 Å². The van der Waals surface area contributed by atoms with E-state index < -0.39 is 11.9 Å². The Hall–Kier alpha value is -3.21. The number of rotatable bonds is 6. The predicted molar refractivity (Wildman–Crippen MR) is 110 cm³/mol. The van der Waals surface area contributed by atoms with E-state index in [1.807, 2.05) is 60.8 Å². The normalized spacial score (nSPS) is 12.5. The average Bonchev–Trinajstić information content (AvgIpc) is 3.06. The van der Waals surface area contributed by atoms with Crippen LogP contribution >= 0.6 is 0 Å². The summed E-state index contributed by atoms with van der Waals surface area (Å²) in [4.78, 5) is 16.9. The van der Waals surface area contributed by atoms with Crippen molar-refractivity contribution < 1.29 is 9.90 Å². The summed E-state index contributed by atoms with van der Waals surface area (Å²) < 4.78 is 1.85. The molecule has 1 N–H and O–H groups in total. The number of carboxylic acid groups (broad SMARTS) is 1. The zero-order chi connectivity index (χ0) is 19.7. The molecule has 1 atom stereocenters. The van der Waals surface area contributed by atoms with Gasteiger partial charge in [0.2, 0.25) is 0 Å². The maximum absolute atomic E-state index is 12.1. The SMILES string of the molecule is CCCC(C(=O)O)c1c(C)nc2c3ccccc3nn2c1Cc1ccccc1. The number of hydrogen-bond donors (Lipinski definition) is 1. The highest BCUT2D eigenvalue weighted by atomic mass is 16.4. The molecule has 0 radical (unpaired) electrons. The van der Waals surface area contributed by atoms with Crippen molar-refractivity contribution in [2.75, 3.05) is 0 Å². The van der Waals surface area contributed by atoms with Crippen molar-refractivity contribution in [2.24, 2.45) is 0 Å². The second kappa shape index (κ2) is 7.43. The van der Waals surface area contributed by atoms with Gasteiger partial charge in [-0.15, -0.1) is 0 Å². The quantitative estimate of drug-likeness (QED) is 0.530. The van der Waals surface area contributed by atoms with Crippen LogP contribution in [0.2, 0.25) is 0 Å². The van der Waals surface area contributed by atoms with E-state index in [0.717, 1.165) is 45.5 Å². The van der Waals surface area contributed by atoms with E-state index >= 15 is 0 Å². The highest BCUT2D eigenvalue weighted by Gasteiger charge is 2.27. The molecule has 0 aliphatic rings. The lowest BCUT2D eigenvalue weighted by atomic mass is 9.90. The minimum Gasteiger partial charge on any atom is -0.481 e. The zero-order valence-corrected chi connectivity index (χ0v) is 16.1. The molecule has 4 rings (SSSR count). The number of hydrogen-bond acceptors (Lipinski definition) is 3. The Morgan fingerprint density at radius 2 is 1.82 bits per heavy atom. The van der Waals surface area contributed by atoms with Crippen molar-refractivity contribution in [2.45, 2.75) is 39.0 Å². The number of fused-ring (bicyclic) bond motifs is 3. The fraction of sp³-hybridized carbons (Fsp3) is 0.261. The summed E-state index contributed by atoms with van der Waals surface area (Å²) in [6.07, 6.45) is 1.98. The summed E-state index contributed by atoms with van der Waals surface area (Å²) in [5, 5.41) is 15.7. The second-order valence-electron chi connectivity index (χ2n) is 7.15. The molecule has 2 heterocycles. The van der Waals surface area contributed by atoms with Gasteiger partial charge in [0.15, 0.2) is 5.65 Å². The van der Waals surface area contributed by atoms with Crippen molar-refractivity contribution in [3.05, 3.63) is 77.1 Å². The Morgan fingerprint density at radius 3 is 2.54 bits per heavy atom. The minimum absolute atomic E-state index is 0.575. The monoisotopic (exact) mass is 373 g/mol. The van der Waals surface area contributed by atoms with Crippen LogP contribution in [0.1, 0.15) is 48.2 Å². The molecule has 0 saturated carbocycles. The van der Waals surface area contributed by atoms with E-state index in [1.54, 1.807) is 0 Å². The van der Waals surface area contributed by atoms with E-state index in [9.17, 15) is 9.90 Å². The smallest absolute Gasteiger partial charge is 0.311 e. The average molecular weight is 373 g/mol. The maximum atomic E-state index is 12.1. The van der Waals surface area contributed by atoms with Gasteiger partial charge in [-0.05, 0) is 31.0 Å². The lowest BCUT2D eigenvalue weighted by molar-refractivity contribution is -0.139. The Kier molecular flexibility index (Phi) is 4.82. The number of aryl methyl sites for hydroxylation is 1. The molecule has 0 fully saturated rings. The van der Waals surface area contributed by atoms with Gasteiger partial charge in [0.05, 0.1) is 17.1 Å². The summed E-state index contributed by atoms with van der Waals surface area (Å²) in [6, 6.07) is 18.0. The lowest BCUT2D eigenvalue weighted by Gasteiger charge is -2.20. The summed E-state index contributed by atoms with van der Waals surface area (Å²) >= 11 is 0. The number of benzene rings is 2. The largest absolute Gasteiger partial charge is 0.481 e. The van der Waals surface area contributed by atoms with Crippen LogP contribution in [0.15, 0.2) is 54.6 Å². The summed E-state index contributed by atoms with van der Waals surface area (Å²) in [7, 11) is 0. The molecule has 2 aromatic carbocycles. The van der Waals surface area contributed by atoms with Gasteiger partial charge in [0.25, 0.3) is 0 Å². The van der Waals surface area contributed by atoms with E-state index in [1.165, 1.54) is 0 Å². The third kappa shape index (κ3) is 3.13. The highest BCUT2D eigenvalue weighted by Crippen LogP contribution is 2.31. The van der Waals surface area contributed by atoms with E-state index in [-0.39, 0.29) is 0 Å². The number of carbonyl (C=O) groups is 1. The Morgan fingerprint density at radius 1 is 1.11 bits per heavy atom. The van der Waals surface area contributed by atoms with Gasteiger partial charge in [-0.25, -0.2) is 9.50 Å². The molecule has 5 nitrogen and oxygen atoms in total. The molecule has 0 bridgehead atoms. The van der Waals surface area contributed by atoms with Crippen LogP contribution in [-0.4, -0.2) is 25.7 Å². The molecular weight excluding hydrogens is 350 g/mol. The number of aromatic nitrogens is 3. The van der Waals surface area contributed by atoms with Crippen LogP contribution in [-0.2, 0) is 11.2 Å². The number of carboxylic acids is 1. The number of aliphatic carboxylic acids is 1.